The van der Waals surface area contributed by atoms with Gasteiger partial charge in [-0.1, -0.05) is 6.07 Å². The van der Waals surface area contributed by atoms with Crippen molar-refractivity contribution in [2.75, 3.05) is 38.0 Å². The molecule has 0 spiro atoms. The van der Waals surface area contributed by atoms with Gasteiger partial charge >= 0.3 is 0 Å². The van der Waals surface area contributed by atoms with Crippen LogP contribution in [-0.4, -0.2) is 59.3 Å². The summed E-state index contributed by atoms with van der Waals surface area (Å²) < 4.78 is 6.98. The molecule has 0 saturated carbocycles. The highest BCUT2D eigenvalue weighted by molar-refractivity contribution is 6.00. The van der Waals surface area contributed by atoms with Crippen molar-refractivity contribution < 1.29 is 9.53 Å². The Morgan fingerprint density at radius 2 is 1.94 bits per heavy atom. The van der Waals surface area contributed by atoms with Crippen LogP contribution in [0.1, 0.15) is 19.3 Å². The Morgan fingerprint density at radius 3 is 2.70 bits per heavy atom. The second-order valence-corrected chi connectivity index (χ2v) is 8.39. The lowest BCUT2D eigenvalue weighted by Crippen LogP contribution is -2.38. The Morgan fingerprint density at radius 1 is 1.12 bits per heavy atom. The molecular weight excluding hydrogens is 418 g/mol. The van der Waals surface area contributed by atoms with Gasteiger partial charge in [-0.25, -0.2) is 9.97 Å². The van der Waals surface area contributed by atoms with Crippen LogP contribution in [0, 0.1) is 0 Å². The number of benzene rings is 2. The molecule has 5 rings (SSSR count). The molecule has 1 aliphatic heterocycles. The minimum Gasteiger partial charge on any atom is -0.497 e. The normalized spacial score (nSPS) is 16.5. The molecule has 9 nitrogen and oxygen atoms in total. The van der Waals surface area contributed by atoms with Crippen LogP contribution in [-0.2, 0) is 4.79 Å². The molecule has 0 radical (unpaired) electrons. The van der Waals surface area contributed by atoms with Crippen molar-refractivity contribution in [3.63, 3.8) is 0 Å². The second-order valence-electron chi connectivity index (χ2n) is 8.39. The topological polar surface area (TPSA) is 96.7 Å². The molecule has 0 aliphatic carbocycles. The fraction of sp³-hybridized carbons (Fsp3) is 0.333. The van der Waals surface area contributed by atoms with E-state index < -0.39 is 0 Å². The van der Waals surface area contributed by atoms with Crippen LogP contribution >= 0.6 is 0 Å². The van der Waals surface area contributed by atoms with E-state index in [9.17, 15) is 4.79 Å². The lowest BCUT2D eigenvalue weighted by Gasteiger charge is -2.19. The summed E-state index contributed by atoms with van der Waals surface area (Å²) in [6.07, 6.45) is 2.67. The second kappa shape index (κ2) is 8.57. The number of aromatic nitrogens is 4. The number of ether oxygens (including phenoxy) is 1. The zero-order valence-electron chi connectivity index (χ0n) is 19.0. The van der Waals surface area contributed by atoms with Crippen LogP contribution in [0.2, 0.25) is 0 Å². The molecule has 2 N–H and O–H groups in total. The molecule has 1 amide bonds. The Balaban J connectivity index is 1.69. The van der Waals surface area contributed by atoms with E-state index >= 15 is 0 Å². The predicted molar refractivity (Wildman–Crippen MR) is 129 cm³/mol. The van der Waals surface area contributed by atoms with Crippen molar-refractivity contribution >= 4 is 34.1 Å². The van der Waals surface area contributed by atoms with Gasteiger partial charge < -0.3 is 20.3 Å². The van der Waals surface area contributed by atoms with Crippen LogP contribution in [0.25, 0.3) is 27.9 Å². The first-order valence-electron chi connectivity index (χ1n) is 11.1. The molecule has 4 aromatic rings. The molecule has 2 aromatic carbocycles. The summed E-state index contributed by atoms with van der Waals surface area (Å²) >= 11 is 0. The number of carbonyl (C=O) groups excluding carboxylic acids is 1. The number of rotatable bonds is 5. The third-order valence-corrected chi connectivity index (χ3v) is 5.95. The zero-order valence-corrected chi connectivity index (χ0v) is 19.0. The van der Waals surface area contributed by atoms with E-state index in [1.807, 2.05) is 61.5 Å². The van der Waals surface area contributed by atoms with E-state index in [0.717, 1.165) is 47.2 Å². The summed E-state index contributed by atoms with van der Waals surface area (Å²) in [4.78, 5) is 24.4. The van der Waals surface area contributed by atoms with E-state index in [4.69, 9.17) is 19.8 Å². The van der Waals surface area contributed by atoms with Gasteiger partial charge in [-0.05, 0) is 55.7 Å². The quantitative estimate of drug-likeness (QED) is 0.487. The van der Waals surface area contributed by atoms with E-state index in [-0.39, 0.29) is 11.9 Å². The summed E-state index contributed by atoms with van der Waals surface area (Å²) in [5, 5.41) is 12.0. The molecule has 0 unspecified atom stereocenters. The highest BCUT2D eigenvalue weighted by Gasteiger charge is 2.24. The average Bonchev–Trinajstić information content (AvgIpc) is 3.19. The number of hydrogen-bond acceptors (Lipinski definition) is 7. The fourth-order valence-electron chi connectivity index (χ4n) is 4.17. The monoisotopic (exact) mass is 445 g/mol. The molecule has 1 saturated heterocycles. The maximum Gasteiger partial charge on any atom is 0.242 e. The van der Waals surface area contributed by atoms with E-state index in [0.29, 0.717) is 24.0 Å². The summed E-state index contributed by atoms with van der Waals surface area (Å²) in [5.41, 5.74) is 3.33. The summed E-state index contributed by atoms with van der Waals surface area (Å²) in [7, 11) is 5.61. The number of para-hydroxylation sites is 1. The molecule has 33 heavy (non-hydrogen) atoms. The molecule has 2 aromatic heterocycles. The molecule has 9 heteroatoms. The molecule has 0 bridgehead atoms. The minimum atomic E-state index is -0.374. The number of carbonyl (C=O) groups is 1. The van der Waals surface area contributed by atoms with E-state index in [2.05, 4.69) is 10.6 Å². The van der Waals surface area contributed by atoms with Crippen molar-refractivity contribution in [2.45, 2.75) is 25.3 Å². The van der Waals surface area contributed by atoms with Crippen LogP contribution < -0.4 is 20.3 Å². The maximum atomic E-state index is 12.6. The fourth-order valence-corrected chi connectivity index (χ4v) is 4.17. The third kappa shape index (κ3) is 3.90. The van der Waals surface area contributed by atoms with Crippen molar-refractivity contribution in [1.29, 1.82) is 0 Å². The number of fused-ring (bicyclic) bond motifs is 3. The zero-order chi connectivity index (χ0) is 22.9. The van der Waals surface area contributed by atoms with Crippen molar-refractivity contribution in [2.24, 2.45) is 0 Å². The van der Waals surface area contributed by atoms with Gasteiger partial charge in [0.2, 0.25) is 11.9 Å². The van der Waals surface area contributed by atoms with Crippen LogP contribution in [0.3, 0.4) is 0 Å². The number of methoxy groups -OCH3 is 1. The van der Waals surface area contributed by atoms with E-state index in [1.165, 1.54) is 0 Å². The van der Waals surface area contributed by atoms with Gasteiger partial charge in [-0.15, -0.1) is 5.10 Å². The van der Waals surface area contributed by atoms with Gasteiger partial charge in [0.05, 0.1) is 12.8 Å². The Hall–Kier alpha value is -3.88. The Bertz CT molecular complexity index is 1310. The third-order valence-electron chi connectivity index (χ3n) is 5.95. The SMILES string of the molecule is COc1ccc(-c2nc3c4cccc(N(C)C)c4nc(N[C@@H]4CCCCNC4=O)n3n2)cc1. The molecule has 3 heterocycles. The molecule has 170 valence electrons. The molecule has 1 atom stereocenters. The number of nitrogens with one attached hydrogen (secondary N) is 2. The van der Waals surface area contributed by atoms with Gasteiger partial charge in [-0.2, -0.15) is 4.52 Å². The van der Waals surface area contributed by atoms with Crippen LogP contribution in [0.15, 0.2) is 42.5 Å². The highest BCUT2D eigenvalue weighted by atomic mass is 16.5. The maximum absolute atomic E-state index is 12.6. The number of anilines is 2. The standard InChI is InChI=1S/C24H27N7O2/c1-30(2)19-9-6-7-17-20(19)27-24(26-18-8-4-5-14-25-23(18)32)31-22(17)28-21(29-31)15-10-12-16(33-3)13-11-15/h6-7,9-13,18H,4-5,8,14H2,1-3H3,(H,25,32)(H,26,27)/t18-/m1/s1. The predicted octanol–water partition coefficient (Wildman–Crippen LogP) is 3.10. The smallest absolute Gasteiger partial charge is 0.242 e. The van der Waals surface area contributed by atoms with Crippen LogP contribution in [0.5, 0.6) is 5.75 Å². The minimum absolute atomic E-state index is 0.0149. The summed E-state index contributed by atoms with van der Waals surface area (Å²) in [6, 6.07) is 13.3. The Kier molecular flexibility index (Phi) is 5.45. The van der Waals surface area contributed by atoms with Gasteiger partial charge in [0.1, 0.15) is 17.3 Å². The van der Waals surface area contributed by atoms with Gasteiger partial charge in [0, 0.05) is 31.6 Å². The first-order chi connectivity index (χ1) is 16.0. The van der Waals surface area contributed by atoms with Crippen LogP contribution in [0.4, 0.5) is 11.6 Å². The highest BCUT2D eigenvalue weighted by Crippen LogP contribution is 2.30. The number of hydrogen-bond donors (Lipinski definition) is 2. The molecule has 1 aliphatic rings. The molecule has 1 fully saturated rings. The van der Waals surface area contributed by atoms with Gasteiger partial charge in [0.15, 0.2) is 11.5 Å². The van der Waals surface area contributed by atoms with Crippen molar-refractivity contribution in [3.8, 4) is 17.1 Å². The van der Waals surface area contributed by atoms with E-state index in [1.54, 1.807) is 11.6 Å². The Labute approximate surface area is 191 Å². The largest absolute Gasteiger partial charge is 0.497 e. The first kappa shape index (κ1) is 21.0. The number of amides is 1. The first-order valence-corrected chi connectivity index (χ1v) is 11.1. The van der Waals surface area contributed by atoms with Gasteiger partial charge in [0.25, 0.3) is 0 Å². The molecular formula is C24H27N7O2. The van der Waals surface area contributed by atoms with Gasteiger partial charge in [-0.3, -0.25) is 4.79 Å². The summed E-state index contributed by atoms with van der Waals surface area (Å²) in [6.45, 7) is 0.702. The lowest BCUT2D eigenvalue weighted by atomic mass is 10.1. The van der Waals surface area contributed by atoms with Crippen molar-refractivity contribution in [3.05, 3.63) is 42.5 Å². The average molecular weight is 446 g/mol. The van der Waals surface area contributed by atoms with Crippen molar-refractivity contribution in [1.82, 2.24) is 24.9 Å². The number of nitrogens with zero attached hydrogens (tertiary/aromatic N) is 5. The summed E-state index contributed by atoms with van der Waals surface area (Å²) in [5.74, 6) is 1.84. The lowest BCUT2D eigenvalue weighted by molar-refractivity contribution is -0.121.